The van der Waals surface area contributed by atoms with Crippen LogP contribution in [0.5, 0.6) is 0 Å². The van der Waals surface area contributed by atoms with Crippen molar-refractivity contribution in [3.05, 3.63) is 71.3 Å². The Hall–Kier alpha value is -1.64. The SMILES string of the molecule is c1ccc(C2O[C@H]3CNCC[C@H]3c3ccccc32)cc1. The third kappa shape index (κ3) is 1.96. The summed E-state index contributed by atoms with van der Waals surface area (Å²) in [6.07, 6.45) is 1.54. The first-order valence-corrected chi connectivity index (χ1v) is 7.43. The molecule has 0 spiro atoms. The lowest BCUT2D eigenvalue weighted by atomic mass is 9.80. The summed E-state index contributed by atoms with van der Waals surface area (Å²) in [5.41, 5.74) is 4.09. The molecule has 102 valence electrons. The monoisotopic (exact) mass is 265 g/mol. The van der Waals surface area contributed by atoms with Crippen LogP contribution in [0.3, 0.4) is 0 Å². The van der Waals surface area contributed by atoms with Crippen molar-refractivity contribution >= 4 is 0 Å². The van der Waals surface area contributed by atoms with E-state index in [0.717, 1.165) is 13.1 Å². The van der Waals surface area contributed by atoms with E-state index >= 15 is 0 Å². The van der Waals surface area contributed by atoms with E-state index < -0.39 is 0 Å². The number of hydrogen-bond donors (Lipinski definition) is 1. The minimum absolute atomic E-state index is 0.0774. The Labute approximate surface area is 119 Å². The lowest BCUT2D eigenvalue weighted by molar-refractivity contribution is -0.0312. The number of fused-ring (bicyclic) bond motifs is 3. The highest BCUT2D eigenvalue weighted by atomic mass is 16.5. The second kappa shape index (κ2) is 5.04. The first-order chi connectivity index (χ1) is 9.93. The first-order valence-electron chi connectivity index (χ1n) is 7.43. The molecule has 0 saturated carbocycles. The van der Waals surface area contributed by atoms with Gasteiger partial charge >= 0.3 is 0 Å². The van der Waals surface area contributed by atoms with Gasteiger partial charge in [-0.2, -0.15) is 0 Å². The van der Waals surface area contributed by atoms with Crippen LogP contribution in [0.4, 0.5) is 0 Å². The Balaban J connectivity index is 1.81. The fourth-order valence-corrected chi connectivity index (χ4v) is 3.55. The van der Waals surface area contributed by atoms with E-state index in [4.69, 9.17) is 4.74 Å². The van der Waals surface area contributed by atoms with Crippen LogP contribution < -0.4 is 5.32 Å². The molecule has 1 saturated heterocycles. The molecule has 0 bridgehead atoms. The van der Waals surface area contributed by atoms with Crippen molar-refractivity contribution in [2.24, 2.45) is 0 Å². The van der Waals surface area contributed by atoms with E-state index in [2.05, 4.69) is 59.9 Å². The minimum atomic E-state index is 0.0774. The van der Waals surface area contributed by atoms with Crippen molar-refractivity contribution < 1.29 is 4.74 Å². The van der Waals surface area contributed by atoms with Gasteiger partial charge in [0.05, 0.1) is 6.10 Å². The molecule has 1 unspecified atom stereocenters. The number of rotatable bonds is 1. The summed E-state index contributed by atoms with van der Waals surface area (Å²) in [4.78, 5) is 0. The molecular formula is C18H19NO. The molecule has 0 aliphatic carbocycles. The van der Waals surface area contributed by atoms with Crippen LogP contribution in [0.15, 0.2) is 54.6 Å². The van der Waals surface area contributed by atoms with Crippen LogP contribution in [0, 0.1) is 0 Å². The van der Waals surface area contributed by atoms with Crippen molar-refractivity contribution in [1.29, 1.82) is 0 Å². The summed E-state index contributed by atoms with van der Waals surface area (Å²) in [6, 6.07) is 19.4. The Morgan fingerprint density at radius 1 is 0.900 bits per heavy atom. The highest BCUT2D eigenvalue weighted by Gasteiger charge is 2.37. The maximum absolute atomic E-state index is 6.44. The fraction of sp³-hybridized carbons (Fsp3) is 0.333. The lowest BCUT2D eigenvalue weighted by Gasteiger charge is -2.41. The van der Waals surface area contributed by atoms with Gasteiger partial charge in [0.25, 0.3) is 0 Å². The zero-order chi connectivity index (χ0) is 13.4. The van der Waals surface area contributed by atoms with Gasteiger partial charge in [-0.15, -0.1) is 0 Å². The maximum Gasteiger partial charge on any atom is 0.108 e. The number of benzene rings is 2. The summed E-state index contributed by atoms with van der Waals surface area (Å²) in [7, 11) is 0. The maximum atomic E-state index is 6.44. The van der Waals surface area contributed by atoms with Crippen LogP contribution in [-0.4, -0.2) is 19.2 Å². The van der Waals surface area contributed by atoms with Crippen molar-refractivity contribution in [3.8, 4) is 0 Å². The van der Waals surface area contributed by atoms with Gasteiger partial charge in [-0.05, 0) is 29.7 Å². The van der Waals surface area contributed by atoms with Crippen LogP contribution in [0.1, 0.15) is 35.1 Å². The molecule has 0 amide bonds. The zero-order valence-corrected chi connectivity index (χ0v) is 11.5. The zero-order valence-electron chi connectivity index (χ0n) is 11.5. The Morgan fingerprint density at radius 3 is 2.50 bits per heavy atom. The van der Waals surface area contributed by atoms with Crippen molar-refractivity contribution in [3.63, 3.8) is 0 Å². The molecule has 2 heteroatoms. The van der Waals surface area contributed by atoms with Crippen LogP contribution in [-0.2, 0) is 4.74 Å². The fourth-order valence-electron chi connectivity index (χ4n) is 3.55. The highest BCUT2D eigenvalue weighted by Crippen LogP contribution is 2.43. The Kier molecular flexibility index (Phi) is 3.06. The minimum Gasteiger partial charge on any atom is -0.364 e. The number of nitrogens with one attached hydrogen (secondary N) is 1. The van der Waals surface area contributed by atoms with Gasteiger partial charge in [-0.3, -0.25) is 0 Å². The van der Waals surface area contributed by atoms with Gasteiger partial charge in [0.1, 0.15) is 6.10 Å². The summed E-state index contributed by atoms with van der Waals surface area (Å²) >= 11 is 0. The molecule has 2 aliphatic rings. The van der Waals surface area contributed by atoms with Gasteiger partial charge in [0.2, 0.25) is 0 Å². The molecule has 1 fully saturated rings. The van der Waals surface area contributed by atoms with E-state index in [1.807, 2.05) is 0 Å². The van der Waals surface area contributed by atoms with Gasteiger partial charge in [-0.1, -0.05) is 54.6 Å². The summed E-state index contributed by atoms with van der Waals surface area (Å²) in [5.74, 6) is 0.549. The third-order valence-corrected chi connectivity index (χ3v) is 4.52. The van der Waals surface area contributed by atoms with E-state index in [1.165, 1.54) is 23.1 Å². The van der Waals surface area contributed by atoms with E-state index in [0.29, 0.717) is 12.0 Å². The molecule has 4 rings (SSSR count). The normalized spacial score (nSPS) is 28.5. The second-order valence-corrected chi connectivity index (χ2v) is 5.69. The molecule has 0 aromatic heterocycles. The average molecular weight is 265 g/mol. The lowest BCUT2D eigenvalue weighted by Crippen LogP contribution is -2.44. The molecule has 0 radical (unpaired) electrons. The number of hydrogen-bond acceptors (Lipinski definition) is 2. The van der Waals surface area contributed by atoms with Crippen LogP contribution in [0.25, 0.3) is 0 Å². The summed E-state index contributed by atoms with van der Waals surface area (Å²) < 4.78 is 6.44. The van der Waals surface area contributed by atoms with Crippen molar-refractivity contribution in [2.75, 3.05) is 13.1 Å². The molecule has 20 heavy (non-hydrogen) atoms. The third-order valence-electron chi connectivity index (χ3n) is 4.52. The number of ether oxygens (including phenoxy) is 1. The standard InChI is InChI=1S/C18H19NO/c1-2-6-13(7-3-1)18-16-9-5-4-8-14(16)15-10-11-19-12-17(15)20-18/h1-9,15,17-19H,10-12H2/t15-,17-,18?/m0/s1. The summed E-state index contributed by atoms with van der Waals surface area (Å²) in [5, 5.41) is 3.46. The van der Waals surface area contributed by atoms with E-state index in [1.54, 1.807) is 0 Å². The van der Waals surface area contributed by atoms with Crippen LogP contribution in [0.2, 0.25) is 0 Å². The van der Waals surface area contributed by atoms with Gasteiger partial charge < -0.3 is 10.1 Å². The molecule has 2 nitrogen and oxygen atoms in total. The molecule has 2 aromatic carbocycles. The Morgan fingerprint density at radius 2 is 1.65 bits per heavy atom. The second-order valence-electron chi connectivity index (χ2n) is 5.69. The largest absolute Gasteiger partial charge is 0.364 e. The molecule has 2 heterocycles. The van der Waals surface area contributed by atoms with E-state index in [9.17, 15) is 0 Å². The first kappa shape index (κ1) is 12.1. The predicted molar refractivity (Wildman–Crippen MR) is 79.8 cm³/mol. The van der Waals surface area contributed by atoms with Crippen LogP contribution >= 0.6 is 0 Å². The molecular weight excluding hydrogens is 246 g/mol. The van der Waals surface area contributed by atoms with Gasteiger partial charge in [-0.25, -0.2) is 0 Å². The molecule has 2 aliphatic heterocycles. The molecule has 1 N–H and O–H groups in total. The topological polar surface area (TPSA) is 21.3 Å². The van der Waals surface area contributed by atoms with Crippen molar-refractivity contribution in [2.45, 2.75) is 24.5 Å². The quantitative estimate of drug-likeness (QED) is 0.854. The predicted octanol–water partition coefficient (Wildman–Crippen LogP) is 3.25. The van der Waals surface area contributed by atoms with Crippen molar-refractivity contribution in [1.82, 2.24) is 5.32 Å². The highest BCUT2D eigenvalue weighted by molar-refractivity contribution is 5.41. The smallest absolute Gasteiger partial charge is 0.108 e. The molecule has 2 aromatic rings. The molecule has 3 atom stereocenters. The van der Waals surface area contributed by atoms with E-state index in [-0.39, 0.29) is 6.10 Å². The number of piperidine rings is 1. The Bertz CT molecular complexity index is 595. The van der Waals surface area contributed by atoms with Gasteiger partial charge in [0.15, 0.2) is 0 Å². The summed E-state index contributed by atoms with van der Waals surface area (Å²) in [6.45, 7) is 2.05. The van der Waals surface area contributed by atoms with Gasteiger partial charge in [0, 0.05) is 12.5 Å². The average Bonchev–Trinajstić information content (AvgIpc) is 2.55.